The van der Waals surface area contributed by atoms with Gasteiger partial charge in [-0.25, -0.2) is 0 Å². The first kappa shape index (κ1) is 25.3. The van der Waals surface area contributed by atoms with Crippen LogP contribution in [0.15, 0.2) is 36.4 Å². The summed E-state index contributed by atoms with van der Waals surface area (Å²) in [5.74, 6) is 2.97. The Balaban J connectivity index is 1.89. The van der Waals surface area contributed by atoms with Crippen LogP contribution in [0.1, 0.15) is 11.1 Å². The number of hydrogen-bond donors (Lipinski definition) is 0. The van der Waals surface area contributed by atoms with Crippen LogP contribution in [-0.2, 0) is 22.3 Å². The molecule has 0 radical (unpaired) electrons. The van der Waals surface area contributed by atoms with Gasteiger partial charge in [-0.2, -0.15) is 0 Å². The van der Waals surface area contributed by atoms with E-state index in [1.165, 1.54) is 11.1 Å². The third-order valence-electron chi connectivity index (χ3n) is 5.10. The van der Waals surface area contributed by atoms with E-state index in [1.54, 1.807) is 42.7 Å². The Morgan fingerprint density at radius 1 is 0.581 bits per heavy atom. The second-order valence-corrected chi connectivity index (χ2v) is 9.30. The summed E-state index contributed by atoms with van der Waals surface area (Å²) in [6.07, 6.45) is 2.01. The van der Waals surface area contributed by atoms with E-state index >= 15 is 0 Å². The van der Waals surface area contributed by atoms with Gasteiger partial charge in [-0.3, -0.25) is 0 Å². The molecule has 0 aromatic heterocycles. The predicted molar refractivity (Wildman–Crippen MR) is 123 cm³/mol. The molecule has 6 nitrogen and oxygen atoms in total. The Morgan fingerprint density at radius 2 is 0.968 bits per heavy atom. The second kappa shape index (κ2) is 13.5. The average Bonchev–Trinajstić information content (AvgIpc) is 2.82. The third kappa shape index (κ3) is 7.61. The molecule has 0 saturated heterocycles. The maximum absolute atomic E-state index is 5.75. The molecule has 0 saturated carbocycles. The molecule has 2 aromatic rings. The minimum atomic E-state index is 0.164. The molecule has 0 aliphatic carbocycles. The summed E-state index contributed by atoms with van der Waals surface area (Å²) >= 11 is 0.397. The first-order valence-corrected chi connectivity index (χ1v) is 12.6. The van der Waals surface area contributed by atoms with Crippen molar-refractivity contribution in [3.05, 3.63) is 47.5 Å². The Labute approximate surface area is 192 Å². The van der Waals surface area contributed by atoms with Gasteiger partial charge in [0.1, 0.15) is 0 Å². The second-order valence-electron chi connectivity index (χ2n) is 7.04. The minimum absolute atomic E-state index is 0.164. The summed E-state index contributed by atoms with van der Waals surface area (Å²) < 4.78 is 33.0. The Morgan fingerprint density at radius 3 is 1.29 bits per heavy atom. The molecule has 7 heteroatoms. The topological polar surface area (TPSA) is 55.4 Å². The van der Waals surface area contributed by atoms with Crippen LogP contribution in [0, 0.1) is 0 Å². The quantitative estimate of drug-likeness (QED) is 0.367. The van der Waals surface area contributed by atoms with E-state index in [2.05, 4.69) is 12.1 Å². The molecule has 0 aliphatic rings. The predicted octanol–water partition coefficient (Wildman–Crippen LogP) is 4.08. The number of rotatable bonds is 14. The number of hydrogen-bond acceptors (Lipinski definition) is 6. The van der Waals surface area contributed by atoms with E-state index in [4.69, 9.17) is 28.4 Å². The van der Waals surface area contributed by atoms with E-state index in [-0.39, 0.29) is 12.2 Å². The molecule has 0 fully saturated rings. The first-order chi connectivity index (χ1) is 15.1. The van der Waals surface area contributed by atoms with Crippen LogP contribution in [-0.4, -0.2) is 69.8 Å². The summed E-state index contributed by atoms with van der Waals surface area (Å²) in [5, 5.41) is 2.03. The molecule has 0 aliphatic heterocycles. The first-order valence-electron chi connectivity index (χ1n) is 10.1. The Bertz CT molecular complexity index is 732. The molecular formula is C24H34O6Se. The van der Waals surface area contributed by atoms with Gasteiger partial charge in [0, 0.05) is 0 Å². The monoisotopic (exact) mass is 498 g/mol. The van der Waals surface area contributed by atoms with Crippen LogP contribution >= 0.6 is 0 Å². The fourth-order valence-electron chi connectivity index (χ4n) is 3.29. The molecule has 0 spiro atoms. The summed E-state index contributed by atoms with van der Waals surface area (Å²) in [4.78, 5) is 0. The van der Waals surface area contributed by atoms with Crippen molar-refractivity contribution in [2.75, 3.05) is 42.7 Å². The molecule has 0 amide bonds. The molecular weight excluding hydrogens is 463 g/mol. The van der Waals surface area contributed by atoms with Crippen molar-refractivity contribution >= 4 is 15.0 Å². The van der Waals surface area contributed by atoms with Gasteiger partial charge in [-0.15, -0.1) is 0 Å². The van der Waals surface area contributed by atoms with Gasteiger partial charge in [0.15, 0.2) is 0 Å². The molecule has 31 heavy (non-hydrogen) atoms. The van der Waals surface area contributed by atoms with Crippen molar-refractivity contribution in [3.63, 3.8) is 0 Å². The average molecular weight is 497 g/mol. The van der Waals surface area contributed by atoms with Crippen molar-refractivity contribution < 1.29 is 28.4 Å². The zero-order valence-electron chi connectivity index (χ0n) is 19.3. The fraction of sp³-hybridized carbons (Fsp3) is 0.500. The van der Waals surface area contributed by atoms with Gasteiger partial charge in [-0.05, 0) is 0 Å². The summed E-state index contributed by atoms with van der Waals surface area (Å²) in [7, 11) is 10.2. The van der Waals surface area contributed by atoms with Crippen molar-refractivity contribution in [2.24, 2.45) is 0 Å². The summed E-state index contributed by atoms with van der Waals surface area (Å²) in [5.41, 5.74) is 2.35. The van der Waals surface area contributed by atoms with Crippen LogP contribution in [0.25, 0.3) is 0 Å². The molecule has 0 N–H and O–H groups in total. The van der Waals surface area contributed by atoms with E-state index < -0.39 is 0 Å². The number of methoxy groups -OCH3 is 6. The number of benzene rings is 2. The normalized spacial score (nSPS) is 12.8. The van der Waals surface area contributed by atoms with E-state index in [0.29, 0.717) is 15.0 Å². The fourth-order valence-corrected chi connectivity index (χ4v) is 5.75. The van der Waals surface area contributed by atoms with Crippen molar-refractivity contribution in [3.8, 4) is 23.0 Å². The van der Waals surface area contributed by atoms with E-state index in [1.807, 2.05) is 24.3 Å². The molecule has 2 aromatic carbocycles. The van der Waals surface area contributed by atoms with Gasteiger partial charge < -0.3 is 0 Å². The third-order valence-corrected chi connectivity index (χ3v) is 7.65. The van der Waals surface area contributed by atoms with Crippen LogP contribution in [0.4, 0.5) is 0 Å². The Hall–Kier alpha value is -1.92. The van der Waals surface area contributed by atoms with Gasteiger partial charge in [-0.1, -0.05) is 0 Å². The van der Waals surface area contributed by atoms with Crippen LogP contribution in [0.3, 0.4) is 0 Å². The van der Waals surface area contributed by atoms with Crippen molar-refractivity contribution in [1.82, 2.24) is 0 Å². The summed E-state index contributed by atoms with van der Waals surface area (Å²) in [6, 6.07) is 12.1. The zero-order chi connectivity index (χ0) is 22.6. The molecule has 2 unspecified atom stereocenters. The van der Waals surface area contributed by atoms with Gasteiger partial charge in [0.2, 0.25) is 0 Å². The van der Waals surface area contributed by atoms with Gasteiger partial charge >= 0.3 is 192 Å². The van der Waals surface area contributed by atoms with Crippen LogP contribution in [0.2, 0.25) is 10.6 Å². The van der Waals surface area contributed by atoms with E-state index in [9.17, 15) is 0 Å². The van der Waals surface area contributed by atoms with E-state index in [0.717, 1.165) is 46.5 Å². The molecule has 0 bridgehead atoms. The molecule has 0 heterocycles. The van der Waals surface area contributed by atoms with Crippen LogP contribution in [0.5, 0.6) is 23.0 Å². The van der Waals surface area contributed by atoms with Crippen molar-refractivity contribution in [1.29, 1.82) is 0 Å². The molecule has 172 valence electrons. The van der Waals surface area contributed by atoms with Crippen LogP contribution < -0.4 is 18.9 Å². The van der Waals surface area contributed by atoms with Gasteiger partial charge in [0.05, 0.1) is 0 Å². The number of ether oxygens (including phenoxy) is 6. The molecule has 2 rings (SSSR count). The SMILES string of the molecule is COc1ccc(CC(C[Se]CC(Cc2ccc(OC)c(OC)c2)OC)OC)cc1OC. The maximum atomic E-state index is 5.75. The Kier molecular flexibility index (Phi) is 11.0. The zero-order valence-corrected chi connectivity index (χ0v) is 21.0. The summed E-state index contributed by atoms with van der Waals surface area (Å²) in [6.45, 7) is 0. The molecule has 2 atom stereocenters. The standard InChI is InChI=1S/C24H34O6Se/c1-25-19(11-17-7-9-21(27-3)23(13-17)29-5)15-31-16-20(26-2)12-18-8-10-22(28-4)24(14-18)30-6/h7-10,13-14,19-20H,11-12,15-16H2,1-6H3. The van der Waals surface area contributed by atoms with Crippen molar-refractivity contribution in [2.45, 2.75) is 35.7 Å². The van der Waals surface area contributed by atoms with Gasteiger partial charge in [0.25, 0.3) is 0 Å².